The minimum atomic E-state index is -2.91. The number of amides is 1. The Morgan fingerprint density at radius 1 is 1.32 bits per heavy atom. The monoisotopic (exact) mass is 281 g/mol. The summed E-state index contributed by atoms with van der Waals surface area (Å²) < 4.78 is 22.7. The van der Waals surface area contributed by atoms with Gasteiger partial charge in [0.2, 0.25) is 5.91 Å². The zero-order valence-corrected chi connectivity index (χ0v) is 12.1. The van der Waals surface area contributed by atoms with E-state index in [0.29, 0.717) is 6.42 Å². The van der Waals surface area contributed by atoms with E-state index in [1.165, 1.54) is 5.56 Å². The first kappa shape index (κ1) is 14.1. The molecule has 0 radical (unpaired) electrons. The Morgan fingerprint density at radius 3 is 2.63 bits per heavy atom. The van der Waals surface area contributed by atoms with Crippen molar-refractivity contribution in [1.29, 1.82) is 0 Å². The molecule has 0 aliphatic carbocycles. The molecule has 0 spiro atoms. The predicted octanol–water partition coefficient (Wildman–Crippen LogP) is 2.07. The summed E-state index contributed by atoms with van der Waals surface area (Å²) in [7, 11) is -2.91. The van der Waals surface area contributed by atoms with Crippen molar-refractivity contribution < 1.29 is 13.2 Å². The second-order valence-corrected chi connectivity index (χ2v) is 7.55. The lowest BCUT2D eigenvalue weighted by Crippen LogP contribution is -2.17. The van der Waals surface area contributed by atoms with Crippen molar-refractivity contribution in [2.75, 3.05) is 16.8 Å². The van der Waals surface area contributed by atoms with E-state index < -0.39 is 9.84 Å². The Balaban J connectivity index is 1.93. The van der Waals surface area contributed by atoms with Gasteiger partial charge in [0.1, 0.15) is 0 Å². The maximum absolute atomic E-state index is 11.9. The quantitative estimate of drug-likeness (QED) is 0.922. The van der Waals surface area contributed by atoms with Crippen LogP contribution in [0.15, 0.2) is 18.2 Å². The van der Waals surface area contributed by atoms with E-state index >= 15 is 0 Å². The third-order valence-corrected chi connectivity index (χ3v) is 5.43. The molecular formula is C14H19NO3S. The highest BCUT2D eigenvalue weighted by Crippen LogP contribution is 2.22. The topological polar surface area (TPSA) is 63.2 Å². The molecule has 1 saturated heterocycles. The lowest BCUT2D eigenvalue weighted by molar-refractivity contribution is -0.116. The van der Waals surface area contributed by atoms with Crippen LogP contribution in [0.1, 0.15) is 24.0 Å². The van der Waals surface area contributed by atoms with E-state index in [2.05, 4.69) is 5.32 Å². The van der Waals surface area contributed by atoms with Gasteiger partial charge in [-0.15, -0.1) is 0 Å². The van der Waals surface area contributed by atoms with E-state index in [4.69, 9.17) is 0 Å². The zero-order valence-electron chi connectivity index (χ0n) is 11.3. The smallest absolute Gasteiger partial charge is 0.224 e. The van der Waals surface area contributed by atoms with E-state index in [0.717, 1.165) is 11.3 Å². The Morgan fingerprint density at radius 2 is 2.05 bits per heavy atom. The lowest BCUT2D eigenvalue weighted by Gasteiger charge is -2.10. The van der Waals surface area contributed by atoms with Crippen LogP contribution in [-0.2, 0) is 14.6 Å². The zero-order chi connectivity index (χ0) is 14.0. The van der Waals surface area contributed by atoms with Crippen LogP contribution >= 0.6 is 0 Å². The number of benzene rings is 1. The molecular weight excluding hydrogens is 262 g/mol. The number of sulfone groups is 1. The first-order valence-electron chi connectivity index (χ1n) is 6.43. The van der Waals surface area contributed by atoms with Gasteiger partial charge in [-0.2, -0.15) is 0 Å². The van der Waals surface area contributed by atoms with Crippen LogP contribution in [0.25, 0.3) is 0 Å². The molecule has 104 valence electrons. The number of rotatable bonds is 3. The molecule has 1 amide bonds. The number of carbonyl (C=O) groups excluding carboxylic acids is 1. The van der Waals surface area contributed by atoms with Gasteiger partial charge in [0.05, 0.1) is 11.5 Å². The largest absolute Gasteiger partial charge is 0.326 e. The SMILES string of the molecule is Cc1ccc(NC(=O)C[C@@H]2CCS(=O)(=O)C2)cc1C. The number of carbonyl (C=O) groups is 1. The van der Waals surface area contributed by atoms with Gasteiger partial charge in [-0.25, -0.2) is 8.42 Å². The molecule has 1 aromatic carbocycles. The molecule has 1 aliphatic heterocycles. The summed E-state index contributed by atoms with van der Waals surface area (Å²) >= 11 is 0. The molecule has 0 saturated carbocycles. The summed E-state index contributed by atoms with van der Waals surface area (Å²) in [5.41, 5.74) is 3.08. The average molecular weight is 281 g/mol. The van der Waals surface area contributed by atoms with Crippen molar-refractivity contribution in [3.05, 3.63) is 29.3 Å². The number of hydrogen-bond acceptors (Lipinski definition) is 3. The first-order valence-corrected chi connectivity index (χ1v) is 8.25. The third kappa shape index (κ3) is 3.80. The third-order valence-electron chi connectivity index (χ3n) is 3.59. The Hall–Kier alpha value is -1.36. The molecule has 5 heteroatoms. The van der Waals surface area contributed by atoms with E-state index in [9.17, 15) is 13.2 Å². The van der Waals surface area contributed by atoms with Gasteiger partial charge in [-0.05, 0) is 49.4 Å². The fourth-order valence-electron chi connectivity index (χ4n) is 2.33. The fraction of sp³-hybridized carbons (Fsp3) is 0.500. The van der Waals surface area contributed by atoms with Crippen LogP contribution in [0.3, 0.4) is 0 Å². The molecule has 1 atom stereocenters. The lowest BCUT2D eigenvalue weighted by atomic mass is 10.0. The molecule has 0 bridgehead atoms. The summed E-state index contributed by atoms with van der Waals surface area (Å²) in [6, 6.07) is 5.76. The van der Waals surface area contributed by atoms with Gasteiger partial charge < -0.3 is 5.32 Å². The maximum Gasteiger partial charge on any atom is 0.224 e. The summed E-state index contributed by atoms with van der Waals surface area (Å²) in [6.07, 6.45) is 0.884. The molecule has 0 unspecified atom stereocenters. The number of aryl methyl sites for hydroxylation is 2. The summed E-state index contributed by atoms with van der Waals surface area (Å²) in [5, 5.41) is 2.83. The van der Waals surface area contributed by atoms with E-state index in [1.807, 2.05) is 32.0 Å². The first-order chi connectivity index (χ1) is 8.85. The fourth-order valence-corrected chi connectivity index (χ4v) is 4.19. The highest BCUT2D eigenvalue weighted by molar-refractivity contribution is 7.91. The normalized spacial score (nSPS) is 21.3. The Labute approximate surface area is 114 Å². The summed E-state index contributed by atoms with van der Waals surface area (Å²) in [5.74, 6) is 0.226. The van der Waals surface area contributed by atoms with Gasteiger partial charge in [0.25, 0.3) is 0 Å². The van der Waals surface area contributed by atoms with Crippen LogP contribution in [0, 0.1) is 19.8 Å². The number of anilines is 1. The molecule has 4 nitrogen and oxygen atoms in total. The van der Waals surface area contributed by atoms with Crippen molar-refractivity contribution in [2.45, 2.75) is 26.7 Å². The van der Waals surface area contributed by atoms with Gasteiger partial charge in [0.15, 0.2) is 9.84 Å². The highest BCUT2D eigenvalue weighted by Gasteiger charge is 2.29. The number of nitrogens with one attached hydrogen (secondary N) is 1. The molecule has 1 fully saturated rings. The highest BCUT2D eigenvalue weighted by atomic mass is 32.2. The van der Waals surface area contributed by atoms with Crippen molar-refractivity contribution in [2.24, 2.45) is 5.92 Å². The van der Waals surface area contributed by atoms with E-state index in [-0.39, 0.29) is 29.8 Å². The Kier molecular flexibility index (Phi) is 3.94. The van der Waals surface area contributed by atoms with Crippen LogP contribution in [0.5, 0.6) is 0 Å². The van der Waals surface area contributed by atoms with Crippen LogP contribution in [0.2, 0.25) is 0 Å². The molecule has 1 aliphatic rings. The van der Waals surface area contributed by atoms with Gasteiger partial charge in [0, 0.05) is 12.1 Å². The van der Waals surface area contributed by atoms with Crippen LogP contribution in [-0.4, -0.2) is 25.8 Å². The number of hydrogen-bond donors (Lipinski definition) is 1. The minimum absolute atomic E-state index is 0.0310. The molecule has 0 aromatic heterocycles. The molecule has 1 aromatic rings. The minimum Gasteiger partial charge on any atom is -0.326 e. The Bertz CT molecular complexity index is 593. The maximum atomic E-state index is 11.9. The second kappa shape index (κ2) is 5.33. The van der Waals surface area contributed by atoms with Gasteiger partial charge in [-0.1, -0.05) is 6.07 Å². The molecule has 2 rings (SSSR count). The predicted molar refractivity (Wildman–Crippen MR) is 75.9 cm³/mol. The summed E-state index contributed by atoms with van der Waals surface area (Å²) in [6.45, 7) is 4.01. The molecule has 1 heterocycles. The molecule has 1 N–H and O–H groups in total. The van der Waals surface area contributed by atoms with Crippen molar-refractivity contribution in [3.63, 3.8) is 0 Å². The van der Waals surface area contributed by atoms with Crippen molar-refractivity contribution >= 4 is 21.4 Å². The van der Waals surface area contributed by atoms with Crippen molar-refractivity contribution in [1.82, 2.24) is 0 Å². The van der Waals surface area contributed by atoms with E-state index in [1.54, 1.807) is 0 Å². The van der Waals surface area contributed by atoms with Gasteiger partial charge >= 0.3 is 0 Å². The second-order valence-electron chi connectivity index (χ2n) is 5.32. The van der Waals surface area contributed by atoms with Crippen LogP contribution < -0.4 is 5.32 Å². The average Bonchev–Trinajstić information content (AvgIpc) is 2.63. The van der Waals surface area contributed by atoms with Gasteiger partial charge in [-0.3, -0.25) is 4.79 Å². The molecule has 19 heavy (non-hydrogen) atoms. The van der Waals surface area contributed by atoms with Crippen LogP contribution in [0.4, 0.5) is 5.69 Å². The summed E-state index contributed by atoms with van der Waals surface area (Å²) in [4.78, 5) is 11.9. The standard InChI is InChI=1S/C14H19NO3S/c1-10-3-4-13(7-11(10)2)15-14(16)8-12-5-6-19(17,18)9-12/h3-4,7,12H,5-6,8-9H2,1-2H3,(H,15,16)/t12-/m0/s1. The van der Waals surface area contributed by atoms with Crippen molar-refractivity contribution in [3.8, 4) is 0 Å².